The van der Waals surface area contributed by atoms with Crippen molar-refractivity contribution >= 4 is 34.9 Å². The Labute approximate surface area is 133 Å². The largest absolute Gasteiger partial charge is 0.481 e. The summed E-state index contributed by atoms with van der Waals surface area (Å²) in [5, 5.41) is 11.8. The van der Waals surface area contributed by atoms with Crippen molar-refractivity contribution in [3.63, 3.8) is 0 Å². The number of carboxylic acid groups (broad SMARTS) is 1. The lowest BCUT2D eigenvalue weighted by atomic mass is 9.97. The molecule has 0 aliphatic heterocycles. The molecule has 0 saturated carbocycles. The van der Waals surface area contributed by atoms with E-state index in [1.807, 2.05) is 19.9 Å². The molecule has 2 amide bonds. The van der Waals surface area contributed by atoms with E-state index in [2.05, 4.69) is 5.32 Å². The second kappa shape index (κ2) is 8.24. The molecule has 0 radical (unpaired) electrons. The van der Waals surface area contributed by atoms with Crippen molar-refractivity contribution in [2.75, 3.05) is 13.6 Å². The monoisotopic (exact) mass is 332 g/mol. The van der Waals surface area contributed by atoms with Gasteiger partial charge in [-0.2, -0.15) is 0 Å². The molecule has 0 bridgehead atoms. The average molecular weight is 333 g/mol. The molecule has 1 aromatic rings. The molecular weight excluding hydrogens is 312 g/mol. The summed E-state index contributed by atoms with van der Waals surface area (Å²) in [7, 11) is 1.67. The standard InChI is InChI=1S/C14H21ClN2O3S/c1-9(2)6-10(13(18)19)7-16-14(20)17(3)8-11-4-5-12(15)21-11/h4-5,9-10H,6-8H2,1-3H3,(H,16,20)(H,18,19). The zero-order valence-electron chi connectivity index (χ0n) is 12.4. The van der Waals surface area contributed by atoms with Crippen molar-refractivity contribution in [3.05, 3.63) is 21.3 Å². The van der Waals surface area contributed by atoms with Gasteiger partial charge in [0.2, 0.25) is 0 Å². The van der Waals surface area contributed by atoms with E-state index in [1.165, 1.54) is 16.2 Å². The summed E-state index contributed by atoms with van der Waals surface area (Å²) in [6.45, 7) is 4.52. The summed E-state index contributed by atoms with van der Waals surface area (Å²) in [6, 6.07) is 3.38. The summed E-state index contributed by atoms with van der Waals surface area (Å²) in [5.74, 6) is -1.16. The zero-order valence-corrected chi connectivity index (χ0v) is 14.0. The van der Waals surface area contributed by atoms with Gasteiger partial charge in [0.25, 0.3) is 0 Å². The van der Waals surface area contributed by atoms with Crippen LogP contribution in [0.5, 0.6) is 0 Å². The summed E-state index contributed by atoms with van der Waals surface area (Å²) >= 11 is 7.26. The highest BCUT2D eigenvalue weighted by molar-refractivity contribution is 7.16. The first-order valence-corrected chi connectivity index (χ1v) is 7.95. The van der Waals surface area contributed by atoms with E-state index >= 15 is 0 Å². The van der Waals surface area contributed by atoms with Crippen molar-refractivity contribution < 1.29 is 14.7 Å². The molecule has 0 aromatic carbocycles. The van der Waals surface area contributed by atoms with Crippen LogP contribution in [0.25, 0.3) is 0 Å². The number of thiophene rings is 1. The molecule has 1 aromatic heterocycles. The maximum atomic E-state index is 12.0. The second-order valence-electron chi connectivity index (χ2n) is 5.41. The Hall–Kier alpha value is -1.27. The van der Waals surface area contributed by atoms with Crippen LogP contribution in [0.2, 0.25) is 4.34 Å². The number of carboxylic acids is 1. The van der Waals surface area contributed by atoms with Gasteiger partial charge in [-0.3, -0.25) is 4.79 Å². The van der Waals surface area contributed by atoms with Gasteiger partial charge >= 0.3 is 12.0 Å². The van der Waals surface area contributed by atoms with Crippen molar-refractivity contribution in [1.82, 2.24) is 10.2 Å². The number of amides is 2. The number of hydrogen-bond acceptors (Lipinski definition) is 3. The van der Waals surface area contributed by atoms with Crippen LogP contribution in [-0.2, 0) is 11.3 Å². The van der Waals surface area contributed by atoms with Crippen LogP contribution < -0.4 is 5.32 Å². The molecule has 1 rings (SSSR count). The number of rotatable bonds is 7. The van der Waals surface area contributed by atoms with Crippen molar-refractivity contribution in [3.8, 4) is 0 Å². The maximum Gasteiger partial charge on any atom is 0.317 e. The van der Waals surface area contributed by atoms with Crippen LogP contribution in [0, 0.1) is 11.8 Å². The summed E-state index contributed by atoms with van der Waals surface area (Å²) in [6.07, 6.45) is 0.542. The van der Waals surface area contributed by atoms with Gasteiger partial charge in [-0.15, -0.1) is 11.3 Å². The molecule has 1 heterocycles. The third-order valence-corrected chi connectivity index (χ3v) is 4.19. The highest BCUT2D eigenvalue weighted by Gasteiger charge is 2.20. The molecule has 0 saturated heterocycles. The Balaban J connectivity index is 2.45. The summed E-state index contributed by atoms with van der Waals surface area (Å²) in [4.78, 5) is 25.6. The predicted molar refractivity (Wildman–Crippen MR) is 84.8 cm³/mol. The third kappa shape index (κ3) is 6.35. The molecule has 0 spiro atoms. The first-order chi connectivity index (χ1) is 9.79. The van der Waals surface area contributed by atoms with Crippen LogP contribution in [0.3, 0.4) is 0 Å². The van der Waals surface area contributed by atoms with Crippen LogP contribution in [0.4, 0.5) is 4.79 Å². The van der Waals surface area contributed by atoms with Gasteiger partial charge in [0.1, 0.15) is 0 Å². The summed E-state index contributed by atoms with van der Waals surface area (Å²) in [5.41, 5.74) is 0. The van der Waals surface area contributed by atoms with Crippen molar-refractivity contribution in [2.24, 2.45) is 11.8 Å². The van der Waals surface area contributed by atoms with E-state index in [9.17, 15) is 9.59 Å². The maximum absolute atomic E-state index is 12.0. The van der Waals surface area contributed by atoms with Gasteiger partial charge < -0.3 is 15.3 Å². The normalized spacial score (nSPS) is 12.2. The smallest absolute Gasteiger partial charge is 0.317 e. The zero-order chi connectivity index (χ0) is 16.0. The molecule has 21 heavy (non-hydrogen) atoms. The SMILES string of the molecule is CC(C)CC(CNC(=O)N(C)Cc1ccc(Cl)s1)C(=O)O. The minimum absolute atomic E-state index is 0.141. The first kappa shape index (κ1) is 17.8. The van der Waals surface area contributed by atoms with Gasteiger partial charge in [-0.25, -0.2) is 4.79 Å². The first-order valence-electron chi connectivity index (χ1n) is 6.75. The average Bonchev–Trinajstić information content (AvgIpc) is 2.78. The van der Waals surface area contributed by atoms with E-state index in [4.69, 9.17) is 16.7 Å². The van der Waals surface area contributed by atoms with Gasteiger partial charge in [0.05, 0.1) is 16.8 Å². The fraction of sp³-hybridized carbons (Fsp3) is 0.571. The molecule has 1 unspecified atom stereocenters. The fourth-order valence-electron chi connectivity index (χ4n) is 1.93. The van der Waals surface area contributed by atoms with Gasteiger partial charge in [0, 0.05) is 18.5 Å². The van der Waals surface area contributed by atoms with E-state index in [-0.39, 0.29) is 18.5 Å². The highest BCUT2D eigenvalue weighted by Crippen LogP contribution is 2.22. The van der Waals surface area contributed by atoms with Crippen molar-refractivity contribution in [2.45, 2.75) is 26.8 Å². The number of nitrogens with zero attached hydrogens (tertiary/aromatic N) is 1. The van der Waals surface area contributed by atoms with Crippen LogP contribution >= 0.6 is 22.9 Å². The van der Waals surface area contributed by atoms with Gasteiger partial charge in [-0.1, -0.05) is 25.4 Å². The summed E-state index contributed by atoms with van der Waals surface area (Å²) < 4.78 is 0.682. The minimum atomic E-state index is -0.878. The lowest BCUT2D eigenvalue weighted by molar-refractivity contribution is -0.142. The molecule has 2 N–H and O–H groups in total. The molecule has 7 heteroatoms. The van der Waals surface area contributed by atoms with Gasteiger partial charge in [-0.05, 0) is 24.5 Å². The van der Waals surface area contributed by atoms with Crippen LogP contribution in [0.1, 0.15) is 25.1 Å². The minimum Gasteiger partial charge on any atom is -0.481 e. The Kier molecular flexibility index (Phi) is 6.98. The van der Waals surface area contributed by atoms with Crippen LogP contribution in [-0.4, -0.2) is 35.6 Å². The number of carbonyl (C=O) groups excluding carboxylic acids is 1. The second-order valence-corrected chi connectivity index (χ2v) is 7.21. The number of nitrogens with one attached hydrogen (secondary N) is 1. The molecule has 0 aliphatic carbocycles. The fourth-order valence-corrected chi connectivity index (χ4v) is 3.07. The Morgan fingerprint density at radius 2 is 2.10 bits per heavy atom. The van der Waals surface area contributed by atoms with Gasteiger partial charge in [0.15, 0.2) is 0 Å². The highest BCUT2D eigenvalue weighted by atomic mass is 35.5. The van der Waals surface area contributed by atoms with Crippen molar-refractivity contribution in [1.29, 1.82) is 0 Å². The quantitative estimate of drug-likeness (QED) is 0.805. The molecule has 5 nitrogen and oxygen atoms in total. The predicted octanol–water partition coefficient (Wildman–Crippen LogP) is 3.29. The number of hydrogen-bond donors (Lipinski definition) is 2. The van der Waals surface area contributed by atoms with E-state index in [0.29, 0.717) is 17.3 Å². The van der Waals surface area contributed by atoms with E-state index in [0.717, 1.165) is 4.88 Å². The number of carbonyl (C=O) groups is 2. The number of urea groups is 1. The molecule has 0 aliphatic rings. The molecule has 0 fully saturated rings. The molecular formula is C14H21ClN2O3S. The number of aliphatic carboxylic acids is 1. The van der Waals surface area contributed by atoms with Crippen LogP contribution in [0.15, 0.2) is 12.1 Å². The topological polar surface area (TPSA) is 69.6 Å². The molecule has 118 valence electrons. The Morgan fingerprint density at radius 3 is 2.57 bits per heavy atom. The Morgan fingerprint density at radius 1 is 1.43 bits per heavy atom. The number of halogens is 1. The molecule has 1 atom stereocenters. The van der Waals surface area contributed by atoms with E-state index in [1.54, 1.807) is 13.1 Å². The Bertz CT molecular complexity index is 490. The lowest BCUT2D eigenvalue weighted by Crippen LogP contribution is -2.40. The third-order valence-electron chi connectivity index (χ3n) is 2.97. The lowest BCUT2D eigenvalue weighted by Gasteiger charge is -2.20. The van der Waals surface area contributed by atoms with E-state index < -0.39 is 11.9 Å².